The lowest BCUT2D eigenvalue weighted by Gasteiger charge is -2.11. The second kappa shape index (κ2) is 5.33. The molecule has 0 N–H and O–H groups in total. The molecule has 3 heterocycles. The third kappa shape index (κ3) is 2.37. The van der Waals surface area contributed by atoms with Crippen LogP contribution in [0, 0.1) is 0 Å². The lowest BCUT2D eigenvalue weighted by atomic mass is 10.3. The highest BCUT2D eigenvalue weighted by Crippen LogP contribution is 2.32. The van der Waals surface area contributed by atoms with Crippen molar-refractivity contribution in [3.63, 3.8) is 0 Å². The molecule has 8 heteroatoms. The molecule has 1 saturated heterocycles. The van der Waals surface area contributed by atoms with Crippen molar-refractivity contribution in [2.24, 2.45) is 5.10 Å². The molecule has 0 aromatic carbocycles. The number of thioether (sulfide) groups is 1. The van der Waals surface area contributed by atoms with Gasteiger partial charge in [0.05, 0.1) is 11.2 Å². The maximum Gasteiger partial charge on any atom is 0.266 e. The van der Waals surface area contributed by atoms with E-state index in [0.29, 0.717) is 22.4 Å². The van der Waals surface area contributed by atoms with Crippen molar-refractivity contribution in [3.05, 3.63) is 41.7 Å². The van der Waals surface area contributed by atoms with E-state index in [2.05, 4.69) is 15.3 Å². The van der Waals surface area contributed by atoms with Crippen LogP contribution in [-0.4, -0.2) is 37.4 Å². The van der Waals surface area contributed by atoms with Crippen LogP contribution in [0.4, 0.5) is 0 Å². The van der Waals surface area contributed by atoms with Crippen LogP contribution in [0.15, 0.2) is 45.5 Å². The van der Waals surface area contributed by atoms with Crippen LogP contribution in [0.1, 0.15) is 12.7 Å². The first-order valence-electron chi connectivity index (χ1n) is 5.96. The monoisotopic (exact) mass is 289 g/mol. The Morgan fingerprint density at radius 2 is 2.25 bits per heavy atom. The fourth-order valence-corrected chi connectivity index (χ4v) is 2.74. The lowest BCUT2D eigenvalue weighted by Crippen LogP contribution is -2.29. The summed E-state index contributed by atoms with van der Waals surface area (Å²) in [6, 6.07) is 3.58. The summed E-state index contributed by atoms with van der Waals surface area (Å²) in [6.45, 7) is 2.44. The molecular weight excluding hydrogens is 278 g/mol. The van der Waals surface area contributed by atoms with E-state index >= 15 is 0 Å². The van der Waals surface area contributed by atoms with E-state index < -0.39 is 0 Å². The predicted molar refractivity (Wildman–Crippen MR) is 74.5 cm³/mol. The highest BCUT2D eigenvalue weighted by Gasteiger charge is 2.32. The number of hydrogen-bond donors (Lipinski definition) is 0. The number of rotatable bonds is 3. The van der Waals surface area contributed by atoms with Gasteiger partial charge >= 0.3 is 0 Å². The van der Waals surface area contributed by atoms with Gasteiger partial charge in [-0.15, -0.1) is 15.3 Å². The number of nitrogens with zero attached hydrogens (tertiary/aromatic N) is 5. The van der Waals surface area contributed by atoms with Crippen molar-refractivity contribution in [3.8, 4) is 0 Å². The summed E-state index contributed by atoms with van der Waals surface area (Å²) in [7, 11) is 0. The van der Waals surface area contributed by atoms with Gasteiger partial charge < -0.3 is 4.42 Å². The first kappa shape index (κ1) is 12.7. The van der Waals surface area contributed by atoms with E-state index in [0.717, 1.165) is 0 Å². The third-order valence-electron chi connectivity index (χ3n) is 2.63. The largest absolute Gasteiger partial charge is 0.465 e. The lowest BCUT2D eigenvalue weighted by molar-refractivity contribution is -0.122. The van der Waals surface area contributed by atoms with Gasteiger partial charge in [-0.2, -0.15) is 0 Å². The summed E-state index contributed by atoms with van der Waals surface area (Å²) < 4.78 is 6.69. The molecule has 0 spiro atoms. The van der Waals surface area contributed by atoms with Crippen LogP contribution in [0.2, 0.25) is 0 Å². The average Bonchev–Trinajstić information content (AvgIpc) is 3.15. The molecule has 0 bridgehead atoms. The van der Waals surface area contributed by atoms with Gasteiger partial charge in [0.2, 0.25) is 0 Å². The highest BCUT2D eigenvalue weighted by atomic mass is 32.2. The van der Waals surface area contributed by atoms with Gasteiger partial charge in [-0.25, -0.2) is 4.68 Å². The minimum atomic E-state index is -0.0827. The van der Waals surface area contributed by atoms with E-state index in [1.165, 1.54) is 29.1 Å². The molecule has 20 heavy (non-hydrogen) atoms. The zero-order chi connectivity index (χ0) is 13.9. The zero-order valence-corrected chi connectivity index (χ0v) is 11.4. The van der Waals surface area contributed by atoms with E-state index in [9.17, 15) is 4.79 Å². The Balaban J connectivity index is 1.92. The molecule has 1 aliphatic heterocycles. The van der Waals surface area contributed by atoms with Crippen LogP contribution in [0.25, 0.3) is 6.08 Å². The second-order valence-electron chi connectivity index (χ2n) is 3.90. The van der Waals surface area contributed by atoms with E-state index in [-0.39, 0.29) is 5.91 Å². The number of amidine groups is 1. The molecule has 1 amide bonds. The van der Waals surface area contributed by atoms with Crippen LogP contribution in [0.5, 0.6) is 0 Å². The standard InChI is InChI=1S/C12H11N5O2S/c1-2-17-11(18)10(6-9-4-3-5-19-9)20-12(17)15-16-7-13-14-8-16/h3-8H,2H2,1H3/b10-6-,15-12?. The molecule has 0 atom stereocenters. The molecule has 102 valence electrons. The minimum absolute atomic E-state index is 0.0827. The molecule has 3 rings (SSSR count). The summed E-state index contributed by atoms with van der Waals surface area (Å²) >= 11 is 1.30. The Morgan fingerprint density at radius 3 is 2.90 bits per heavy atom. The van der Waals surface area contributed by atoms with Gasteiger partial charge in [0, 0.05) is 12.6 Å². The topological polar surface area (TPSA) is 76.5 Å². The van der Waals surface area contributed by atoms with Gasteiger partial charge in [0.1, 0.15) is 18.4 Å². The van der Waals surface area contributed by atoms with Gasteiger partial charge in [-0.3, -0.25) is 9.69 Å². The Hall–Kier alpha value is -2.35. The van der Waals surface area contributed by atoms with Gasteiger partial charge in [-0.1, -0.05) is 0 Å². The van der Waals surface area contributed by atoms with Gasteiger partial charge in [0.15, 0.2) is 5.17 Å². The minimum Gasteiger partial charge on any atom is -0.465 e. The first-order chi connectivity index (χ1) is 9.78. The van der Waals surface area contributed by atoms with Crippen molar-refractivity contribution in [1.29, 1.82) is 0 Å². The molecule has 2 aromatic heterocycles. The summed E-state index contributed by atoms with van der Waals surface area (Å²) in [6.07, 6.45) is 6.23. The molecule has 7 nitrogen and oxygen atoms in total. The SMILES string of the molecule is CCN1C(=O)/C(=C/c2ccco2)SC1=Nn1cnnc1. The summed E-state index contributed by atoms with van der Waals surface area (Å²) in [4.78, 5) is 14.4. The van der Waals surface area contributed by atoms with Crippen molar-refractivity contribution >= 4 is 28.9 Å². The second-order valence-corrected chi connectivity index (χ2v) is 4.91. The Morgan fingerprint density at radius 1 is 1.45 bits per heavy atom. The van der Waals surface area contributed by atoms with Crippen molar-refractivity contribution in [2.45, 2.75) is 6.92 Å². The Labute approximate surface area is 119 Å². The van der Waals surface area contributed by atoms with E-state index in [4.69, 9.17) is 4.42 Å². The summed E-state index contributed by atoms with van der Waals surface area (Å²) in [5.41, 5.74) is 0. The van der Waals surface area contributed by atoms with Crippen LogP contribution in [-0.2, 0) is 4.79 Å². The first-order valence-corrected chi connectivity index (χ1v) is 6.78. The van der Waals surface area contributed by atoms with Gasteiger partial charge in [-0.05, 0) is 30.8 Å². The predicted octanol–water partition coefficient (Wildman–Crippen LogP) is 1.63. The fourth-order valence-electron chi connectivity index (χ4n) is 1.71. The highest BCUT2D eigenvalue weighted by molar-refractivity contribution is 8.18. The molecule has 0 saturated carbocycles. The maximum atomic E-state index is 12.3. The molecule has 1 aliphatic rings. The number of hydrogen-bond acceptors (Lipinski definition) is 6. The summed E-state index contributed by atoms with van der Waals surface area (Å²) in [5, 5.41) is 12.3. The fraction of sp³-hybridized carbons (Fsp3) is 0.167. The normalized spacial score (nSPS) is 19.4. The number of carbonyl (C=O) groups is 1. The quantitative estimate of drug-likeness (QED) is 0.803. The van der Waals surface area contributed by atoms with E-state index in [1.54, 1.807) is 29.4 Å². The molecular formula is C12H11N5O2S. The van der Waals surface area contributed by atoms with Crippen LogP contribution >= 0.6 is 11.8 Å². The van der Waals surface area contributed by atoms with Crippen molar-refractivity contribution < 1.29 is 9.21 Å². The molecule has 2 aromatic rings. The zero-order valence-electron chi connectivity index (χ0n) is 10.6. The Kier molecular flexibility index (Phi) is 3.38. The van der Waals surface area contributed by atoms with Crippen LogP contribution in [0.3, 0.4) is 0 Å². The molecule has 0 unspecified atom stereocenters. The van der Waals surface area contributed by atoms with E-state index in [1.807, 2.05) is 6.92 Å². The van der Waals surface area contributed by atoms with Gasteiger partial charge in [0.25, 0.3) is 5.91 Å². The number of likely N-dealkylation sites (N-methyl/N-ethyl adjacent to an activating group) is 1. The van der Waals surface area contributed by atoms with Crippen molar-refractivity contribution in [2.75, 3.05) is 6.54 Å². The maximum absolute atomic E-state index is 12.3. The number of aromatic nitrogens is 3. The van der Waals surface area contributed by atoms with Crippen LogP contribution < -0.4 is 0 Å². The number of furan rings is 1. The molecule has 1 fully saturated rings. The smallest absolute Gasteiger partial charge is 0.266 e. The molecule has 0 radical (unpaired) electrons. The number of carbonyl (C=O) groups excluding carboxylic acids is 1. The number of amides is 1. The molecule has 0 aliphatic carbocycles. The summed E-state index contributed by atoms with van der Waals surface area (Å²) in [5.74, 6) is 0.558. The Bertz CT molecular complexity index is 660. The van der Waals surface area contributed by atoms with Crippen molar-refractivity contribution in [1.82, 2.24) is 19.8 Å². The third-order valence-corrected chi connectivity index (χ3v) is 3.63. The average molecular weight is 289 g/mol.